The average molecular weight is 259 g/mol. The number of rotatable bonds is 7. The lowest BCUT2D eigenvalue weighted by atomic mass is 10.2. The first kappa shape index (κ1) is 15.2. The van der Waals surface area contributed by atoms with E-state index in [1.165, 1.54) is 24.9 Å². The Labute approximate surface area is 103 Å². The lowest BCUT2D eigenvalue weighted by Crippen LogP contribution is -2.44. The van der Waals surface area contributed by atoms with Crippen molar-refractivity contribution in [2.45, 2.75) is 12.5 Å². The van der Waals surface area contributed by atoms with Crippen LogP contribution in [-0.2, 0) is 14.4 Å². The molecule has 0 aromatic heterocycles. The molecule has 0 aliphatic rings. The third-order valence-corrected chi connectivity index (χ3v) is 2.36. The summed E-state index contributed by atoms with van der Waals surface area (Å²) in [6.45, 7) is 0. The molecule has 0 radical (unpaired) electrons. The zero-order valence-corrected chi connectivity index (χ0v) is 10.3. The Morgan fingerprint density at radius 1 is 1.65 bits per heavy atom. The van der Waals surface area contributed by atoms with Crippen LogP contribution in [0.5, 0.6) is 0 Å². The van der Waals surface area contributed by atoms with Crippen molar-refractivity contribution in [3.05, 3.63) is 0 Å². The van der Waals surface area contributed by atoms with Crippen molar-refractivity contribution in [3.63, 3.8) is 0 Å². The SMILES string of the molecule is CO/N=C(/C#N)C(=O)NC(CCSC)C(=O)O. The van der Waals surface area contributed by atoms with E-state index in [4.69, 9.17) is 10.4 Å². The van der Waals surface area contributed by atoms with Gasteiger partial charge in [0.05, 0.1) is 0 Å². The van der Waals surface area contributed by atoms with Gasteiger partial charge in [-0.15, -0.1) is 0 Å². The van der Waals surface area contributed by atoms with Crippen LogP contribution in [-0.4, -0.2) is 47.9 Å². The Morgan fingerprint density at radius 2 is 2.29 bits per heavy atom. The zero-order valence-electron chi connectivity index (χ0n) is 9.47. The third-order valence-electron chi connectivity index (χ3n) is 1.72. The van der Waals surface area contributed by atoms with Gasteiger partial charge in [0, 0.05) is 0 Å². The minimum atomic E-state index is -1.15. The highest BCUT2D eigenvalue weighted by Gasteiger charge is 2.22. The van der Waals surface area contributed by atoms with Gasteiger partial charge in [0.15, 0.2) is 0 Å². The van der Waals surface area contributed by atoms with Gasteiger partial charge in [0.2, 0.25) is 5.71 Å². The molecule has 1 atom stereocenters. The van der Waals surface area contributed by atoms with Gasteiger partial charge in [-0.25, -0.2) is 4.79 Å². The number of carbonyl (C=O) groups excluding carboxylic acids is 1. The van der Waals surface area contributed by atoms with E-state index in [-0.39, 0.29) is 6.42 Å². The van der Waals surface area contributed by atoms with Gasteiger partial charge in [-0.2, -0.15) is 17.0 Å². The van der Waals surface area contributed by atoms with Crippen LogP contribution in [0, 0.1) is 11.3 Å². The van der Waals surface area contributed by atoms with Crippen molar-refractivity contribution < 1.29 is 19.5 Å². The number of nitrogens with zero attached hydrogens (tertiary/aromatic N) is 2. The first-order valence-electron chi connectivity index (χ1n) is 4.60. The number of nitriles is 1. The summed E-state index contributed by atoms with van der Waals surface area (Å²) in [6.07, 6.45) is 2.10. The average Bonchev–Trinajstić information content (AvgIpc) is 2.30. The number of amides is 1. The summed E-state index contributed by atoms with van der Waals surface area (Å²) < 4.78 is 0. The summed E-state index contributed by atoms with van der Waals surface area (Å²) in [7, 11) is 1.19. The van der Waals surface area contributed by atoms with Crippen molar-refractivity contribution in [1.29, 1.82) is 5.26 Å². The minimum Gasteiger partial charge on any atom is -0.480 e. The van der Waals surface area contributed by atoms with E-state index in [2.05, 4.69) is 15.3 Å². The Bertz CT molecular complexity index is 351. The van der Waals surface area contributed by atoms with Crippen molar-refractivity contribution >= 4 is 29.4 Å². The molecule has 7 nitrogen and oxygen atoms in total. The largest absolute Gasteiger partial charge is 0.480 e. The number of carbonyl (C=O) groups is 2. The predicted octanol–water partition coefficient (Wildman–Crippen LogP) is -0.165. The highest BCUT2D eigenvalue weighted by molar-refractivity contribution is 7.98. The fraction of sp³-hybridized carbons (Fsp3) is 0.556. The van der Waals surface area contributed by atoms with Crippen LogP contribution < -0.4 is 5.32 Å². The van der Waals surface area contributed by atoms with Gasteiger partial charge in [0.25, 0.3) is 5.91 Å². The molecular formula is C9H13N3O4S. The molecule has 2 N–H and O–H groups in total. The molecule has 0 aliphatic carbocycles. The molecule has 0 fully saturated rings. The topological polar surface area (TPSA) is 112 Å². The van der Waals surface area contributed by atoms with Crippen LogP contribution >= 0.6 is 11.8 Å². The normalized spacial score (nSPS) is 12.4. The van der Waals surface area contributed by atoms with Gasteiger partial charge in [-0.3, -0.25) is 4.79 Å². The van der Waals surface area contributed by atoms with E-state index in [0.717, 1.165) is 0 Å². The van der Waals surface area contributed by atoms with E-state index in [1.54, 1.807) is 0 Å². The standard InChI is InChI=1S/C9H13N3O4S/c1-16-12-7(5-10)8(13)11-6(9(14)15)3-4-17-2/h6H,3-4H2,1-2H3,(H,11,13)(H,14,15)/b12-7-. The second-order valence-corrected chi connectivity index (χ2v) is 3.87. The molecule has 0 aliphatic heterocycles. The summed E-state index contributed by atoms with van der Waals surface area (Å²) in [4.78, 5) is 26.6. The molecule has 17 heavy (non-hydrogen) atoms. The van der Waals surface area contributed by atoms with Crippen LogP contribution in [0.25, 0.3) is 0 Å². The molecule has 0 bridgehead atoms. The summed E-state index contributed by atoms with van der Waals surface area (Å²) in [5.41, 5.74) is -0.511. The second kappa shape index (κ2) is 8.41. The minimum absolute atomic E-state index is 0.272. The van der Waals surface area contributed by atoms with E-state index in [9.17, 15) is 9.59 Å². The van der Waals surface area contributed by atoms with E-state index in [0.29, 0.717) is 5.75 Å². The Kier molecular flexibility index (Phi) is 7.54. The van der Waals surface area contributed by atoms with E-state index >= 15 is 0 Å². The van der Waals surface area contributed by atoms with Crippen LogP contribution in [0.4, 0.5) is 0 Å². The van der Waals surface area contributed by atoms with Crippen molar-refractivity contribution in [2.75, 3.05) is 19.1 Å². The molecule has 0 spiro atoms. The molecule has 0 aromatic carbocycles. The number of oxime groups is 1. The number of carboxylic acids is 1. The van der Waals surface area contributed by atoms with Gasteiger partial charge >= 0.3 is 5.97 Å². The summed E-state index contributed by atoms with van der Waals surface area (Å²) in [5.74, 6) is -1.43. The predicted molar refractivity (Wildman–Crippen MR) is 62.6 cm³/mol. The van der Waals surface area contributed by atoms with Gasteiger partial charge in [-0.1, -0.05) is 5.16 Å². The molecule has 94 valence electrons. The molecule has 0 saturated heterocycles. The number of thioether (sulfide) groups is 1. The fourth-order valence-corrected chi connectivity index (χ4v) is 1.40. The Morgan fingerprint density at radius 3 is 2.71 bits per heavy atom. The van der Waals surface area contributed by atoms with Crippen molar-refractivity contribution in [3.8, 4) is 6.07 Å². The molecule has 0 saturated carbocycles. The lowest BCUT2D eigenvalue weighted by Gasteiger charge is -2.12. The quantitative estimate of drug-likeness (QED) is 0.485. The fourth-order valence-electron chi connectivity index (χ4n) is 0.924. The van der Waals surface area contributed by atoms with Crippen molar-refractivity contribution in [1.82, 2.24) is 5.32 Å². The van der Waals surface area contributed by atoms with E-state index < -0.39 is 23.6 Å². The molecule has 8 heteroatoms. The second-order valence-electron chi connectivity index (χ2n) is 2.88. The molecule has 0 aromatic rings. The first-order valence-corrected chi connectivity index (χ1v) is 6.00. The number of nitrogens with one attached hydrogen (secondary N) is 1. The van der Waals surface area contributed by atoms with Crippen molar-refractivity contribution in [2.24, 2.45) is 5.16 Å². The van der Waals surface area contributed by atoms with Gasteiger partial charge in [0.1, 0.15) is 19.2 Å². The zero-order chi connectivity index (χ0) is 13.3. The first-order chi connectivity index (χ1) is 8.06. The highest BCUT2D eigenvalue weighted by atomic mass is 32.2. The smallest absolute Gasteiger partial charge is 0.326 e. The maximum Gasteiger partial charge on any atom is 0.326 e. The maximum atomic E-state index is 11.4. The summed E-state index contributed by atoms with van der Waals surface area (Å²) in [5, 5.41) is 22.8. The maximum absolute atomic E-state index is 11.4. The number of hydrogen-bond donors (Lipinski definition) is 2. The summed E-state index contributed by atoms with van der Waals surface area (Å²) >= 11 is 1.46. The monoisotopic (exact) mass is 259 g/mol. The molecular weight excluding hydrogens is 246 g/mol. The third kappa shape index (κ3) is 5.77. The van der Waals surface area contributed by atoms with E-state index in [1.807, 2.05) is 6.26 Å². The van der Waals surface area contributed by atoms with Crippen LogP contribution in [0.2, 0.25) is 0 Å². The van der Waals surface area contributed by atoms with Crippen LogP contribution in [0.3, 0.4) is 0 Å². The van der Waals surface area contributed by atoms with Gasteiger partial charge < -0.3 is 15.3 Å². The highest BCUT2D eigenvalue weighted by Crippen LogP contribution is 2.01. The Balaban J connectivity index is 4.55. The van der Waals surface area contributed by atoms with Crippen LogP contribution in [0.1, 0.15) is 6.42 Å². The molecule has 0 rings (SSSR count). The molecule has 1 unspecified atom stereocenters. The summed E-state index contributed by atoms with van der Waals surface area (Å²) in [6, 6.07) is 0.481. The molecule has 0 heterocycles. The molecule has 1 amide bonds. The Hall–Kier alpha value is -1.75. The van der Waals surface area contributed by atoms with Gasteiger partial charge in [-0.05, 0) is 18.4 Å². The number of aliphatic carboxylic acids is 1. The lowest BCUT2D eigenvalue weighted by molar-refractivity contribution is -0.141. The van der Waals surface area contributed by atoms with Crippen LogP contribution in [0.15, 0.2) is 5.16 Å². The number of carboxylic acid groups (broad SMARTS) is 1. The number of hydrogen-bond acceptors (Lipinski definition) is 6.